The Labute approximate surface area is 150 Å². The number of hydrogen-bond donors (Lipinski definition) is 3. The zero-order valence-electron chi connectivity index (χ0n) is 15.5. The highest BCUT2D eigenvalue weighted by molar-refractivity contribution is 5.94. The summed E-state index contributed by atoms with van der Waals surface area (Å²) in [4.78, 5) is 16.3. The molecular formula is C19H30N4O2. The normalized spacial score (nSPS) is 18.7. The highest BCUT2D eigenvalue weighted by Gasteiger charge is 2.15. The molecule has 2 atom stereocenters. The number of amides is 1. The molecule has 6 nitrogen and oxygen atoms in total. The minimum absolute atomic E-state index is 0.0251. The second kappa shape index (κ2) is 10.0. The lowest BCUT2D eigenvalue weighted by Crippen LogP contribution is -2.40. The molecule has 0 aromatic heterocycles. The summed E-state index contributed by atoms with van der Waals surface area (Å²) in [5, 5.41) is 9.54. The lowest BCUT2D eigenvalue weighted by atomic mass is 10.1. The van der Waals surface area contributed by atoms with E-state index in [1.54, 1.807) is 7.05 Å². The molecule has 138 valence electrons. The van der Waals surface area contributed by atoms with E-state index in [0.717, 1.165) is 43.9 Å². The van der Waals surface area contributed by atoms with Gasteiger partial charge in [0.15, 0.2) is 5.96 Å². The molecular weight excluding hydrogens is 316 g/mol. The van der Waals surface area contributed by atoms with Crippen molar-refractivity contribution in [3.05, 3.63) is 35.4 Å². The SMILES string of the molecule is CCC(C)NC(=O)c1ccc(CNC(=NC)NCC2CCCO2)cc1. The van der Waals surface area contributed by atoms with Gasteiger partial charge < -0.3 is 20.7 Å². The lowest BCUT2D eigenvalue weighted by molar-refractivity contribution is 0.0939. The number of nitrogens with zero attached hydrogens (tertiary/aromatic N) is 1. The number of ether oxygens (including phenoxy) is 1. The van der Waals surface area contributed by atoms with Gasteiger partial charge in [-0.3, -0.25) is 9.79 Å². The largest absolute Gasteiger partial charge is 0.376 e. The summed E-state index contributed by atoms with van der Waals surface area (Å²) in [7, 11) is 1.76. The molecule has 2 unspecified atom stereocenters. The van der Waals surface area contributed by atoms with Crippen LogP contribution in [-0.4, -0.2) is 44.2 Å². The van der Waals surface area contributed by atoms with Gasteiger partial charge in [0.25, 0.3) is 5.91 Å². The molecule has 1 aliphatic rings. The summed E-state index contributed by atoms with van der Waals surface area (Å²) in [5.41, 5.74) is 1.78. The molecule has 1 saturated heterocycles. The van der Waals surface area contributed by atoms with Crippen LogP contribution in [0.2, 0.25) is 0 Å². The summed E-state index contributed by atoms with van der Waals surface area (Å²) in [6, 6.07) is 7.83. The fourth-order valence-electron chi connectivity index (χ4n) is 2.61. The molecule has 1 fully saturated rings. The highest BCUT2D eigenvalue weighted by atomic mass is 16.5. The zero-order valence-corrected chi connectivity index (χ0v) is 15.5. The molecule has 1 aromatic carbocycles. The average Bonchev–Trinajstić information content (AvgIpc) is 3.15. The molecule has 0 bridgehead atoms. The summed E-state index contributed by atoms with van der Waals surface area (Å²) in [5.74, 6) is 0.733. The van der Waals surface area contributed by atoms with Gasteiger partial charge in [-0.1, -0.05) is 19.1 Å². The molecule has 1 aromatic rings. The molecule has 0 aliphatic carbocycles. The Morgan fingerprint density at radius 3 is 2.68 bits per heavy atom. The van der Waals surface area contributed by atoms with Crippen molar-refractivity contribution in [2.45, 2.75) is 51.8 Å². The third-order valence-electron chi connectivity index (χ3n) is 4.41. The van der Waals surface area contributed by atoms with E-state index >= 15 is 0 Å². The van der Waals surface area contributed by atoms with E-state index in [9.17, 15) is 4.79 Å². The van der Waals surface area contributed by atoms with Crippen molar-refractivity contribution in [3.8, 4) is 0 Å². The Balaban J connectivity index is 1.78. The van der Waals surface area contributed by atoms with Crippen LogP contribution in [0.4, 0.5) is 0 Å². The van der Waals surface area contributed by atoms with Crippen molar-refractivity contribution in [1.29, 1.82) is 0 Å². The van der Waals surface area contributed by atoms with Crippen LogP contribution in [0.3, 0.4) is 0 Å². The predicted molar refractivity (Wildman–Crippen MR) is 101 cm³/mol. The molecule has 1 aliphatic heterocycles. The third-order valence-corrected chi connectivity index (χ3v) is 4.41. The van der Waals surface area contributed by atoms with Crippen LogP contribution in [0.1, 0.15) is 49.0 Å². The van der Waals surface area contributed by atoms with E-state index in [4.69, 9.17) is 4.74 Å². The predicted octanol–water partition coefficient (Wildman–Crippen LogP) is 2.06. The second-order valence-electron chi connectivity index (χ2n) is 6.42. The van der Waals surface area contributed by atoms with Gasteiger partial charge in [-0.05, 0) is 43.9 Å². The van der Waals surface area contributed by atoms with Crippen LogP contribution in [0.5, 0.6) is 0 Å². The molecule has 0 saturated carbocycles. The van der Waals surface area contributed by atoms with Gasteiger partial charge in [0.2, 0.25) is 0 Å². The third kappa shape index (κ3) is 6.38. The number of aliphatic imine (C=N–C) groups is 1. The van der Waals surface area contributed by atoms with Gasteiger partial charge in [0.05, 0.1) is 6.10 Å². The van der Waals surface area contributed by atoms with Crippen molar-refractivity contribution in [2.75, 3.05) is 20.2 Å². The summed E-state index contributed by atoms with van der Waals surface area (Å²) >= 11 is 0. The first-order valence-electron chi connectivity index (χ1n) is 9.08. The van der Waals surface area contributed by atoms with Gasteiger partial charge in [0, 0.05) is 38.3 Å². The lowest BCUT2D eigenvalue weighted by Gasteiger charge is -2.15. The van der Waals surface area contributed by atoms with E-state index in [0.29, 0.717) is 12.1 Å². The number of carbonyl (C=O) groups is 1. The molecule has 1 amide bonds. The standard InChI is InChI=1S/C19H30N4O2/c1-4-14(2)23-18(24)16-9-7-15(8-10-16)12-21-19(20-3)22-13-17-6-5-11-25-17/h7-10,14,17H,4-6,11-13H2,1-3H3,(H,23,24)(H2,20,21,22). The Kier molecular flexibility index (Phi) is 7.73. The van der Waals surface area contributed by atoms with Crippen molar-refractivity contribution >= 4 is 11.9 Å². The van der Waals surface area contributed by atoms with Crippen LogP contribution in [0, 0.1) is 0 Å². The quantitative estimate of drug-likeness (QED) is 0.522. The van der Waals surface area contributed by atoms with E-state index in [-0.39, 0.29) is 18.1 Å². The average molecular weight is 346 g/mol. The highest BCUT2D eigenvalue weighted by Crippen LogP contribution is 2.10. The molecule has 1 heterocycles. The maximum Gasteiger partial charge on any atom is 0.251 e. The van der Waals surface area contributed by atoms with E-state index < -0.39 is 0 Å². The fraction of sp³-hybridized carbons (Fsp3) is 0.579. The smallest absolute Gasteiger partial charge is 0.251 e. The van der Waals surface area contributed by atoms with Crippen LogP contribution < -0.4 is 16.0 Å². The van der Waals surface area contributed by atoms with E-state index in [1.807, 2.05) is 31.2 Å². The monoisotopic (exact) mass is 346 g/mol. The van der Waals surface area contributed by atoms with Crippen LogP contribution in [-0.2, 0) is 11.3 Å². The number of rotatable bonds is 7. The number of hydrogen-bond acceptors (Lipinski definition) is 3. The first-order chi connectivity index (χ1) is 12.1. The first kappa shape index (κ1) is 19.2. The maximum absolute atomic E-state index is 12.1. The minimum Gasteiger partial charge on any atom is -0.376 e. The number of benzene rings is 1. The van der Waals surface area contributed by atoms with Crippen LogP contribution >= 0.6 is 0 Å². The van der Waals surface area contributed by atoms with Crippen LogP contribution in [0.15, 0.2) is 29.3 Å². The molecule has 6 heteroatoms. The number of carbonyl (C=O) groups excluding carboxylic acids is 1. The van der Waals surface area contributed by atoms with E-state index in [2.05, 4.69) is 27.9 Å². The number of guanidine groups is 1. The fourth-order valence-corrected chi connectivity index (χ4v) is 2.61. The van der Waals surface area contributed by atoms with Crippen molar-refractivity contribution in [3.63, 3.8) is 0 Å². The maximum atomic E-state index is 12.1. The van der Waals surface area contributed by atoms with Crippen molar-refractivity contribution in [2.24, 2.45) is 4.99 Å². The van der Waals surface area contributed by atoms with E-state index in [1.165, 1.54) is 0 Å². The molecule has 0 spiro atoms. The summed E-state index contributed by atoms with van der Waals surface area (Å²) in [6.07, 6.45) is 3.44. The Bertz CT molecular complexity index is 565. The Morgan fingerprint density at radius 1 is 1.32 bits per heavy atom. The van der Waals surface area contributed by atoms with Gasteiger partial charge in [-0.25, -0.2) is 0 Å². The minimum atomic E-state index is -0.0251. The summed E-state index contributed by atoms with van der Waals surface area (Å²) in [6.45, 7) is 6.34. The van der Waals surface area contributed by atoms with Gasteiger partial charge >= 0.3 is 0 Å². The Hall–Kier alpha value is -2.08. The molecule has 25 heavy (non-hydrogen) atoms. The molecule has 0 radical (unpaired) electrons. The first-order valence-corrected chi connectivity index (χ1v) is 9.08. The van der Waals surface area contributed by atoms with Gasteiger partial charge in [0.1, 0.15) is 0 Å². The van der Waals surface area contributed by atoms with Crippen molar-refractivity contribution in [1.82, 2.24) is 16.0 Å². The second-order valence-corrected chi connectivity index (χ2v) is 6.42. The topological polar surface area (TPSA) is 74.8 Å². The molecule has 2 rings (SSSR count). The number of nitrogens with one attached hydrogen (secondary N) is 3. The zero-order chi connectivity index (χ0) is 18.1. The van der Waals surface area contributed by atoms with Gasteiger partial charge in [-0.2, -0.15) is 0 Å². The van der Waals surface area contributed by atoms with Crippen LogP contribution in [0.25, 0.3) is 0 Å². The molecule has 3 N–H and O–H groups in total. The van der Waals surface area contributed by atoms with Gasteiger partial charge in [-0.15, -0.1) is 0 Å². The van der Waals surface area contributed by atoms with Crippen molar-refractivity contribution < 1.29 is 9.53 Å². The Morgan fingerprint density at radius 2 is 2.08 bits per heavy atom. The summed E-state index contributed by atoms with van der Waals surface area (Å²) < 4.78 is 5.60.